The van der Waals surface area contributed by atoms with Crippen LogP contribution in [0.2, 0.25) is 0 Å². The smallest absolute Gasteiger partial charge is 0.303 e. The van der Waals surface area contributed by atoms with Crippen LogP contribution < -0.4 is 5.32 Å². The number of benzene rings is 1. The molecule has 0 aromatic heterocycles. The van der Waals surface area contributed by atoms with E-state index >= 15 is 0 Å². The molecule has 0 heterocycles. The fourth-order valence-electron chi connectivity index (χ4n) is 2.53. The molecule has 1 aromatic carbocycles. The summed E-state index contributed by atoms with van der Waals surface area (Å²) in [6, 6.07) is 7.91. The first-order valence-electron chi connectivity index (χ1n) is 7.77. The van der Waals surface area contributed by atoms with Gasteiger partial charge in [-0.05, 0) is 49.3 Å². The van der Waals surface area contributed by atoms with E-state index in [2.05, 4.69) is 17.4 Å². The molecule has 1 aliphatic carbocycles. The van der Waals surface area contributed by atoms with Gasteiger partial charge in [-0.25, -0.2) is 0 Å². The van der Waals surface area contributed by atoms with Gasteiger partial charge in [0, 0.05) is 18.5 Å². The van der Waals surface area contributed by atoms with Crippen molar-refractivity contribution < 1.29 is 14.7 Å². The van der Waals surface area contributed by atoms with Crippen molar-refractivity contribution in [3.63, 3.8) is 0 Å². The molecule has 0 radical (unpaired) electrons. The molecule has 0 bridgehead atoms. The van der Waals surface area contributed by atoms with E-state index in [1.165, 1.54) is 24.8 Å². The fraction of sp³-hybridized carbons (Fsp3) is 0.529. The molecular formula is C17H23NO3. The third-order valence-corrected chi connectivity index (χ3v) is 4.10. The maximum absolute atomic E-state index is 11.9. The summed E-state index contributed by atoms with van der Waals surface area (Å²) in [6.07, 6.45) is 6.36. The number of amides is 1. The summed E-state index contributed by atoms with van der Waals surface area (Å²) in [4.78, 5) is 22.3. The average molecular weight is 289 g/mol. The largest absolute Gasteiger partial charge is 0.481 e. The van der Waals surface area contributed by atoms with Crippen molar-refractivity contribution >= 4 is 11.9 Å². The molecule has 0 atom stereocenters. The standard InChI is InChI=1S/C17H23NO3/c19-16(20)7-2-1-3-12-18-17(21)15-10-8-14(9-11-15)13-5-4-6-13/h8-11,13H,1-7,12H2,(H,18,21)(H,19,20). The molecule has 0 spiro atoms. The molecule has 1 aliphatic rings. The van der Waals surface area contributed by atoms with Gasteiger partial charge in [0.1, 0.15) is 0 Å². The monoisotopic (exact) mass is 289 g/mol. The molecule has 21 heavy (non-hydrogen) atoms. The van der Waals surface area contributed by atoms with Gasteiger partial charge in [-0.2, -0.15) is 0 Å². The number of unbranched alkanes of at least 4 members (excludes halogenated alkanes) is 2. The highest BCUT2D eigenvalue weighted by Gasteiger charge is 2.19. The van der Waals surface area contributed by atoms with E-state index < -0.39 is 5.97 Å². The lowest BCUT2D eigenvalue weighted by Gasteiger charge is -2.25. The SMILES string of the molecule is O=C(O)CCCCCNC(=O)c1ccc(C2CCC2)cc1. The molecule has 0 unspecified atom stereocenters. The Hall–Kier alpha value is -1.84. The van der Waals surface area contributed by atoms with Crippen LogP contribution in [0, 0.1) is 0 Å². The minimum Gasteiger partial charge on any atom is -0.481 e. The lowest BCUT2D eigenvalue weighted by molar-refractivity contribution is -0.137. The van der Waals surface area contributed by atoms with Gasteiger partial charge in [0.05, 0.1) is 0 Å². The zero-order valence-electron chi connectivity index (χ0n) is 12.3. The molecule has 114 valence electrons. The zero-order valence-corrected chi connectivity index (χ0v) is 12.3. The van der Waals surface area contributed by atoms with Gasteiger partial charge in [0.2, 0.25) is 0 Å². The Labute approximate surface area is 125 Å². The summed E-state index contributed by atoms with van der Waals surface area (Å²) in [5, 5.41) is 11.4. The van der Waals surface area contributed by atoms with E-state index in [1.807, 2.05) is 12.1 Å². The molecule has 1 saturated carbocycles. The van der Waals surface area contributed by atoms with Gasteiger partial charge in [0.25, 0.3) is 5.91 Å². The molecule has 4 nitrogen and oxygen atoms in total. The molecule has 0 aliphatic heterocycles. The second-order valence-corrected chi connectivity index (χ2v) is 5.71. The van der Waals surface area contributed by atoms with Crippen molar-refractivity contribution in [3.8, 4) is 0 Å². The summed E-state index contributed by atoms with van der Waals surface area (Å²) < 4.78 is 0. The van der Waals surface area contributed by atoms with Crippen LogP contribution in [0.4, 0.5) is 0 Å². The number of carboxylic acid groups (broad SMARTS) is 1. The minimum atomic E-state index is -0.759. The number of nitrogens with one attached hydrogen (secondary N) is 1. The van der Waals surface area contributed by atoms with Gasteiger partial charge in [-0.3, -0.25) is 9.59 Å². The van der Waals surface area contributed by atoms with Gasteiger partial charge < -0.3 is 10.4 Å². The molecule has 1 aromatic rings. The van der Waals surface area contributed by atoms with E-state index in [0.717, 1.165) is 12.8 Å². The normalized spacial score (nSPS) is 14.5. The number of carboxylic acids is 1. The highest BCUT2D eigenvalue weighted by molar-refractivity contribution is 5.94. The highest BCUT2D eigenvalue weighted by Crippen LogP contribution is 2.36. The van der Waals surface area contributed by atoms with Gasteiger partial charge in [0.15, 0.2) is 0 Å². The third kappa shape index (κ3) is 4.88. The van der Waals surface area contributed by atoms with Crippen LogP contribution in [0.15, 0.2) is 24.3 Å². The fourth-order valence-corrected chi connectivity index (χ4v) is 2.53. The van der Waals surface area contributed by atoms with Crippen LogP contribution in [0.3, 0.4) is 0 Å². The molecule has 2 rings (SSSR count). The molecule has 1 fully saturated rings. The first kappa shape index (κ1) is 15.5. The lowest BCUT2D eigenvalue weighted by atomic mass is 9.80. The van der Waals surface area contributed by atoms with Crippen LogP contribution in [-0.4, -0.2) is 23.5 Å². The van der Waals surface area contributed by atoms with Crippen LogP contribution in [0.25, 0.3) is 0 Å². The van der Waals surface area contributed by atoms with E-state index in [1.54, 1.807) is 0 Å². The first-order chi connectivity index (χ1) is 10.2. The number of aliphatic carboxylic acids is 1. The number of carbonyl (C=O) groups excluding carboxylic acids is 1. The van der Waals surface area contributed by atoms with Crippen LogP contribution in [-0.2, 0) is 4.79 Å². The predicted molar refractivity (Wildman–Crippen MR) is 81.5 cm³/mol. The Morgan fingerprint density at radius 2 is 1.81 bits per heavy atom. The summed E-state index contributed by atoms with van der Waals surface area (Å²) >= 11 is 0. The maximum Gasteiger partial charge on any atom is 0.303 e. The average Bonchev–Trinajstić information content (AvgIpc) is 2.41. The first-order valence-corrected chi connectivity index (χ1v) is 7.77. The summed E-state index contributed by atoms with van der Waals surface area (Å²) in [5.41, 5.74) is 2.04. The second-order valence-electron chi connectivity index (χ2n) is 5.71. The Bertz CT molecular complexity index is 477. The molecule has 1 amide bonds. The zero-order chi connectivity index (χ0) is 15.1. The molecule has 2 N–H and O–H groups in total. The van der Waals surface area contributed by atoms with E-state index in [0.29, 0.717) is 24.4 Å². The maximum atomic E-state index is 11.9. The van der Waals surface area contributed by atoms with Gasteiger partial charge in [-0.15, -0.1) is 0 Å². The van der Waals surface area contributed by atoms with Crippen LogP contribution in [0.1, 0.15) is 66.8 Å². The van der Waals surface area contributed by atoms with Crippen molar-refractivity contribution in [2.75, 3.05) is 6.54 Å². The Balaban J connectivity index is 1.67. The van der Waals surface area contributed by atoms with Gasteiger partial charge in [-0.1, -0.05) is 25.0 Å². The van der Waals surface area contributed by atoms with E-state index in [4.69, 9.17) is 5.11 Å². The van der Waals surface area contributed by atoms with Crippen LogP contribution >= 0.6 is 0 Å². The van der Waals surface area contributed by atoms with Crippen molar-refractivity contribution in [3.05, 3.63) is 35.4 Å². The van der Waals surface area contributed by atoms with Crippen molar-refractivity contribution in [2.24, 2.45) is 0 Å². The van der Waals surface area contributed by atoms with E-state index in [9.17, 15) is 9.59 Å². The highest BCUT2D eigenvalue weighted by atomic mass is 16.4. The number of hydrogen-bond acceptors (Lipinski definition) is 2. The minimum absolute atomic E-state index is 0.0478. The number of carbonyl (C=O) groups is 2. The number of hydrogen-bond donors (Lipinski definition) is 2. The molecule has 4 heteroatoms. The Morgan fingerprint density at radius 3 is 2.38 bits per heavy atom. The quantitative estimate of drug-likeness (QED) is 0.721. The van der Waals surface area contributed by atoms with Crippen molar-refractivity contribution in [1.82, 2.24) is 5.32 Å². The van der Waals surface area contributed by atoms with Crippen molar-refractivity contribution in [2.45, 2.75) is 50.9 Å². The van der Waals surface area contributed by atoms with Crippen molar-refractivity contribution in [1.29, 1.82) is 0 Å². The summed E-state index contributed by atoms with van der Waals surface area (Å²) in [7, 11) is 0. The topological polar surface area (TPSA) is 66.4 Å². The lowest BCUT2D eigenvalue weighted by Crippen LogP contribution is -2.24. The third-order valence-electron chi connectivity index (χ3n) is 4.10. The summed E-state index contributed by atoms with van der Waals surface area (Å²) in [5.74, 6) is -0.115. The summed E-state index contributed by atoms with van der Waals surface area (Å²) in [6.45, 7) is 0.600. The number of rotatable bonds is 8. The Kier molecular flexibility index (Phi) is 5.78. The molecule has 0 saturated heterocycles. The molecular weight excluding hydrogens is 266 g/mol. The van der Waals surface area contributed by atoms with E-state index in [-0.39, 0.29) is 12.3 Å². The predicted octanol–water partition coefficient (Wildman–Crippen LogP) is 3.33. The Morgan fingerprint density at radius 1 is 1.10 bits per heavy atom. The second kappa shape index (κ2) is 7.81. The van der Waals surface area contributed by atoms with Gasteiger partial charge >= 0.3 is 5.97 Å². The van der Waals surface area contributed by atoms with Crippen LogP contribution in [0.5, 0.6) is 0 Å².